The fourth-order valence-corrected chi connectivity index (χ4v) is 2.37. The summed E-state index contributed by atoms with van der Waals surface area (Å²) >= 11 is 0. The van der Waals surface area contributed by atoms with Crippen LogP contribution in [0.3, 0.4) is 0 Å². The molecule has 1 heterocycles. The number of methoxy groups -OCH3 is 1. The lowest BCUT2D eigenvalue weighted by molar-refractivity contribution is 0.399. The molecule has 20 heavy (non-hydrogen) atoms. The molecule has 3 N–H and O–H groups in total. The molecule has 0 aliphatic carbocycles. The molecule has 2 rings (SSSR count). The topological polar surface area (TPSA) is 63.9 Å². The van der Waals surface area contributed by atoms with Gasteiger partial charge < -0.3 is 10.5 Å². The summed E-state index contributed by atoms with van der Waals surface area (Å²) in [6, 6.07) is 4.23. The molecule has 0 saturated carbocycles. The summed E-state index contributed by atoms with van der Waals surface area (Å²) in [5.74, 6) is 0.848. The lowest BCUT2D eigenvalue weighted by atomic mass is 9.83. The molecule has 0 spiro atoms. The second-order valence-electron chi connectivity index (χ2n) is 6.25. The molecule has 2 aromatic rings. The van der Waals surface area contributed by atoms with Crippen LogP contribution in [0.1, 0.15) is 37.6 Å². The van der Waals surface area contributed by atoms with Crippen molar-refractivity contribution >= 4 is 5.69 Å². The van der Waals surface area contributed by atoms with Crippen molar-refractivity contribution in [1.82, 2.24) is 10.2 Å². The predicted molar refractivity (Wildman–Crippen MR) is 83.2 cm³/mol. The van der Waals surface area contributed by atoms with Crippen LogP contribution in [0.5, 0.6) is 5.75 Å². The number of nitrogen functional groups attached to an aromatic ring is 1. The Labute approximate surface area is 120 Å². The Kier molecular flexibility index (Phi) is 3.50. The number of nitrogens with one attached hydrogen (secondary N) is 1. The zero-order valence-corrected chi connectivity index (χ0v) is 13.1. The van der Waals surface area contributed by atoms with Gasteiger partial charge in [0.2, 0.25) is 0 Å². The van der Waals surface area contributed by atoms with Crippen molar-refractivity contribution in [3.63, 3.8) is 0 Å². The quantitative estimate of drug-likeness (QED) is 0.879. The Hall–Kier alpha value is -1.97. The van der Waals surface area contributed by atoms with E-state index >= 15 is 0 Å². The maximum atomic E-state index is 6.12. The third-order valence-electron chi connectivity index (χ3n) is 3.50. The number of benzene rings is 1. The Morgan fingerprint density at radius 3 is 2.30 bits per heavy atom. The van der Waals surface area contributed by atoms with Crippen molar-refractivity contribution in [2.45, 2.75) is 40.0 Å². The average molecular weight is 273 g/mol. The molecular weight excluding hydrogens is 250 g/mol. The maximum absolute atomic E-state index is 6.12. The van der Waals surface area contributed by atoms with Crippen LogP contribution in [0, 0.1) is 13.8 Å². The normalized spacial score (nSPS) is 11.7. The van der Waals surface area contributed by atoms with Gasteiger partial charge >= 0.3 is 0 Å². The number of hydrogen-bond acceptors (Lipinski definition) is 3. The van der Waals surface area contributed by atoms with Gasteiger partial charge in [-0.3, -0.25) is 5.10 Å². The third-order valence-corrected chi connectivity index (χ3v) is 3.50. The number of ether oxygens (including phenoxy) is 1. The van der Waals surface area contributed by atoms with Crippen molar-refractivity contribution in [3.8, 4) is 17.0 Å². The Balaban J connectivity index is 2.76. The first-order chi connectivity index (χ1) is 9.25. The summed E-state index contributed by atoms with van der Waals surface area (Å²) < 4.78 is 5.67. The molecule has 0 amide bonds. The lowest BCUT2D eigenvalue weighted by Crippen LogP contribution is -2.14. The molecule has 4 nitrogen and oxygen atoms in total. The summed E-state index contributed by atoms with van der Waals surface area (Å²) in [5, 5.41) is 7.26. The van der Waals surface area contributed by atoms with Gasteiger partial charge in [0, 0.05) is 11.1 Å². The van der Waals surface area contributed by atoms with Crippen molar-refractivity contribution in [2.75, 3.05) is 12.8 Å². The first kappa shape index (κ1) is 14.4. The van der Waals surface area contributed by atoms with Gasteiger partial charge in [-0.05, 0) is 30.9 Å². The molecule has 0 bridgehead atoms. The molecule has 0 atom stereocenters. The molecule has 0 fully saturated rings. The fourth-order valence-electron chi connectivity index (χ4n) is 2.37. The average Bonchev–Trinajstić information content (AvgIpc) is 2.68. The highest BCUT2D eigenvalue weighted by Gasteiger charge is 2.24. The first-order valence-corrected chi connectivity index (χ1v) is 6.75. The number of hydrogen-bond donors (Lipinski definition) is 2. The van der Waals surface area contributed by atoms with Crippen molar-refractivity contribution < 1.29 is 4.74 Å². The standard InChI is InChI=1S/C16H23N3O/c1-9-7-11(14-13(17)10(2)18-19-14)15(20-6)12(8-9)16(3,4)5/h7-8H,17H2,1-6H3,(H,18,19). The van der Waals surface area contributed by atoms with Gasteiger partial charge in [0.05, 0.1) is 18.5 Å². The van der Waals surface area contributed by atoms with Gasteiger partial charge in [0.25, 0.3) is 0 Å². The summed E-state index contributed by atoms with van der Waals surface area (Å²) in [4.78, 5) is 0. The summed E-state index contributed by atoms with van der Waals surface area (Å²) in [7, 11) is 1.69. The number of aryl methyl sites for hydroxylation is 2. The van der Waals surface area contributed by atoms with E-state index in [2.05, 4.69) is 50.0 Å². The van der Waals surface area contributed by atoms with E-state index in [4.69, 9.17) is 10.5 Å². The molecule has 0 saturated heterocycles. The van der Waals surface area contributed by atoms with E-state index in [1.54, 1.807) is 7.11 Å². The highest BCUT2D eigenvalue weighted by Crippen LogP contribution is 2.41. The number of aromatic nitrogens is 2. The number of anilines is 1. The molecule has 0 aliphatic rings. The third kappa shape index (κ3) is 2.38. The highest BCUT2D eigenvalue weighted by atomic mass is 16.5. The molecule has 1 aromatic carbocycles. The van der Waals surface area contributed by atoms with Crippen LogP contribution in [0.25, 0.3) is 11.3 Å². The number of H-pyrrole nitrogens is 1. The smallest absolute Gasteiger partial charge is 0.132 e. The Bertz CT molecular complexity index is 636. The fraction of sp³-hybridized carbons (Fsp3) is 0.438. The molecule has 1 aromatic heterocycles. The van der Waals surface area contributed by atoms with Gasteiger partial charge in [-0.2, -0.15) is 5.10 Å². The van der Waals surface area contributed by atoms with E-state index in [1.807, 2.05) is 6.92 Å². The van der Waals surface area contributed by atoms with Crippen LogP contribution in [0.2, 0.25) is 0 Å². The minimum absolute atomic E-state index is 0.00771. The van der Waals surface area contributed by atoms with Crippen molar-refractivity contribution in [2.24, 2.45) is 0 Å². The summed E-state index contributed by atoms with van der Waals surface area (Å²) in [5.41, 5.74) is 11.7. The SMILES string of the molecule is COc1c(-c2n[nH]c(C)c2N)cc(C)cc1C(C)(C)C. The van der Waals surface area contributed by atoms with Gasteiger partial charge in [-0.25, -0.2) is 0 Å². The predicted octanol–water partition coefficient (Wildman–Crippen LogP) is 3.58. The van der Waals surface area contributed by atoms with E-state index in [9.17, 15) is 0 Å². The van der Waals surface area contributed by atoms with Crippen LogP contribution in [0.15, 0.2) is 12.1 Å². The monoisotopic (exact) mass is 273 g/mol. The number of nitrogens with two attached hydrogens (primary N) is 1. The van der Waals surface area contributed by atoms with E-state index in [0.29, 0.717) is 5.69 Å². The second-order valence-corrected chi connectivity index (χ2v) is 6.25. The van der Waals surface area contributed by atoms with Gasteiger partial charge in [0.15, 0.2) is 0 Å². The number of rotatable bonds is 2. The molecule has 4 heteroatoms. The molecular formula is C16H23N3O. The Morgan fingerprint density at radius 2 is 1.85 bits per heavy atom. The van der Waals surface area contributed by atoms with E-state index in [1.165, 1.54) is 5.56 Å². The van der Waals surface area contributed by atoms with Crippen LogP contribution in [-0.4, -0.2) is 17.3 Å². The van der Waals surface area contributed by atoms with Crippen LogP contribution in [0.4, 0.5) is 5.69 Å². The molecule has 0 radical (unpaired) electrons. The summed E-state index contributed by atoms with van der Waals surface area (Å²) in [6.45, 7) is 10.5. The zero-order chi connectivity index (χ0) is 15.1. The van der Waals surface area contributed by atoms with E-state index < -0.39 is 0 Å². The minimum Gasteiger partial charge on any atom is -0.496 e. The number of aromatic amines is 1. The van der Waals surface area contributed by atoms with Gasteiger partial charge in [-0.15, -0.1) is 0 Å². The van der Waals surface area contributed by atoms with Crippen LogP contribution < -0.4 is 10.5 Å². The zero-order valence-electron chi connectivity index (χ0n) is 13.1. The van der Waals surface area contributed by atoms with E-state index in [-0.39, 0.29) is 5.41 Å². The van der Waals surface area contributed by atoms with Crippen molar-refractivity contribution in [1.29, 1.82) is 0 Å². The number of nitrogens with zero attached hydrogens (tertiary/aromatic N) is 1. The molecule has 0 aliphatic heterocycles. The largest absolute Gasteiger partial charge is 0.496 e. The van der Waals surface area contributed by atoms with Crippen LogP contribution in [-0.2, 0) is 5.41 Å². The van der Waals surface area contributed by atoms with Gasteiger partial charge in [-0.1, -0.05) is 26.8 Å². The first-order valence-electron chi connectivity index (χ1n) is 6.75. The lowest BCUT2D eigenvalue weighted by Gasteiger charge is -2.24. The molecule has 0 unspecified atom stereocenters. The summed E-state index contributed by atoms with van der Waals surface area (Å²) in [6.07, 6.45) is 0. The second kappa shape index (κ2) is 4.85. The Morgan fingerprint density at radius 1 is 1.20 bits per heavy atom. The van der Waals surface area contributed by atoms with E-state index in [0.717, 1.165) is 28.3 Å². The van der Waals surface area contributed by atoms with Crippen molar-refractivity contribution in [3.05, 3.63) is 29.0 Å². The maximum Gasteiger partial charge on any atom is 0.132 e. The van der Waals surface area contributed by atoms with Crippen LogP contribution >= 0.6 is 0 Å². The highest BCUT2D eigenvalue weighted by molar-refractivity contribution is 5.80. The molecule has 108 valence electrons. The minimum atomic E-state index is -0.00771. The van der Waals surface area contributed by atoms with Gasteiger partial charge in [0.1, 0.15) is 11.4 Å².